The Morgan fingerprint density at radius 3 is 2.59 bits per heavy atom. The number of carbonyl (C=O) groups is 2. The van der Waals surface area contributed by atoms with E-state index in [1.807, 2.05) is 24.3 Å². The van der Waals surface area contributed by atoms with Crippen molar-refractivity contribution in [2.75, 3.05) is 0 Å². The van der Waals surface area contributed by atoms with Gasteiger partial charge in [0.2, 0.25) is 0 Å². The molecular formula is C15H13BrN4O2. The summed E-state index contributed by atoms with van der Waals surface area (Å²) in [6.07, 6.45) is 3.07. The summed E-state index contributed by atoms with van der Waals surface area (Å²) in [5.41, 5.74) is 3.64. The third-order valence-electron chi connectivity index (χ3n) is 2.61. The predicted molar refractivity (Wildman–Crippen MR) is 86.0 cm³/mol. The van der Waals surface area contributed by atoms with Gasteiger partial charge in [0.25, 0.3) is 0 Å². The van der Waals surface area contributed by atoms with Crippen LogP contribution >= 0.6 is 15.9 Å². The first kappa shape index (κ1) is 15.8. The quantitative estimate of drug-likeness (QED) is 0.493. The van der Waals surface area contributed by atoms with Crippen molar-refractivity contribution in [3.63, 3.8) is 0 Å². The average molecular weight is 361 g/mol. The number of nitrogens with one attached hydrogen (secondary N) is 2. The first-order chi connectivity index (χ1) is 10.6. The highest BCUT2D eigenvalue weighted by Gasteiger charge is 2.11. The Morgan fingerprint density at radius 2 is 1.91 bits per heavy atom. The van der Waals surface area contributed by atoms with E-state index in [2.05, 4.69) is 36.8 Å². The summed E-state index contributed by atoms with van der Waals surface area (Å²) in [4.78, 5) is 27.2. The fourth-order valence-corrected chi connectivity index (χ4v) is 1.78. The lowest BCUT2D eigenvalue weighted by Gasteiger charge is -2.03. The third kappa shape index (κ3) is 5.10. The van der Waals surface area contributed by atoms with Gasteiger partial charge in [-0.2, -0.15) is 5.10 Å². The van der Waals surface area contributed by atoms with Gasteiger partial charge >= 0.3 is 11.8 Å². The second-order valence-corrected chi connectivity index (χ2v) is 5.17. The molecule has 2 rings (SSSR count). The molecule has 2 amide bonds. The maximum atomic E-state index is 11.6. The first-order valence-corrected chi connectivity index (χ1v) is 7.21. The molecule has 0 spiro atoms. The molecule has 0 saturated carbocycles. The van der Waals surface area contributed by atoms with Crippen LogP contribution in [0.4, 0.5) is 0 Å². The van der Waals surface area contributed by atoms with Crippen LogP contribution in [0.15, 0.2) is 58.2 Å². The van der Waals surface area contributed by atoms with Crippen molar-refractivity contribution in [3.05, 3.63) is 64.4 Å². The molecule has 22 heavy (non-hydrogen) atoms. The molecule has 0 aliphatic heterocycles. The predicted octanol–water partition coefficient (Wildman–Crippen LogP) is 1.61. The molecule has 0 bridgehead atoms. The highest BCUT2D eigenvalue weighted by Crippen LogP contribution is 2.08. The number of pyridine rings is 1. The molecule has 7 heteroatoms. The van der Waals surface area contributed by atoms with Crippen LogP contribution in [0.3, 0.4) is 0 Å². The van der Waals surface area contributed by atoms with E-state index in [4.69, 9.17) is 0 Å². The molecule has 0 radical (unpaired) electrons. The highest BCUT2D eigenvalue weighted by molar-refractivity contribution is 9.10. The summed E-state index contributed by atoms with van der Waals surface area (Å²) in [6, 6.07) is 12.7. The maximum Gasteiger partial charge on any atom is 0.329 e. The molecule has 0 atom stereocenters. The Bertz CT molecular complexity index is 672. The van der Waals surface area contributed by atoms with E-state index in [0.717, 1.165) is 10.0 Å². The molecule has 0 fully saturated rings. The number of benzene rings is 1. The maximum absolute atomic E-state index is 11.6. The van der Waals surface area contributed by atoms with Gasteiger partial charge < -0.3 is 5.32 Å². The first-order valence-electron chi connectivity index (χ1n) is 6.42. The van der Waals surface area contributed by atoms with Crippen molar-refractivity contribution in [1.82, 2.24) is 15.7 Å². The van der Waals surface area contributed by atoms with Crippen molar-refractivity contribution in [2.45, 2.75) is 6.54 Å². The van der Waals surface area contributed by atoms with Gasteiger partial charge in [-0.05, 0) is 29.8 Å². The fourth-order valence-electron chi connectivity index (χ4n) is 1.52. The zero-order valence-corrected chi connectivity index (χ0v) is 13.1. The van der Waals surface area contributed by atoms with Gasteiger partial charge in [0.05, 0.1) is 18.5 Å². The van der Waals surface area contributed by atoms with Crippen molar-refractivity contribution in [3.8, 4) is 0 Å². The number of nitrogens with zero attached hydrogens (tertiary/aromatic N) is 2. The minimum atomic E-state index is -0.829. The largest absolute Gasteiger partial charge is 0.342 e. The number of hydrogen-bond donors (Lipinski definition) is 2. The standard InChI is InChI=1S/C15H13BrN4O2/c16-12-6-4-11(5-7-12)9-19-20-15(22)14(21)18-10-13-3-1-2-8-17-13/h1-9H,10H2,(H,18,21)(H,20,22)/b19-9+. The van der Waals surface area contributed by atoms with Crippen LogP contribution in [0.25, 0.3) is 0 Å². The summed E-state index contributed by atoms with van der Waals surface area (Å²) >= 11 is 3.32. The van der Waals surface area contributed by atoms with E-state index in [-0.39, 0.29) is 6.54 Å². The lowest BCUT2D eigenvalue weighted by Crippen LogP contribution is -2.37. The molecule has 1 heterocycles. The van der Waals surface area contributed by atoms with E-state index in [0.29, 0.717) is 5.69 Å². The smallest absolute Gasteiger partial charge is 0.329 e. The van der Waals surface area contributed by atoms with E-state index in [1.54, 1.807) is 24.4 Å². The van der Waals surface area contributed by atoms with Crippen molar-refractivity contribution < 1.29 is 9.59 Å². The van der Waals surface area contributed by atoms with Gasteiger partial charge in [-0.1, -0.05) is 34.1 Å². The number of hydrogen-bond acceptors (Lipinski definition) is 4. The number of aromatic nitrogens is 1. The molecule has 112 valence electrons. The van der Waals surface area contributed by atoms with Crippen LogP contribution in [0.1, 0.15) is 11.3 Å². The van der Waals surface area contributed by atoms with Crippen LogP contribution in [-0.2, 0) is 16.1 Å². The fraction of sp³-hybridized carbons (Fsp3) is 0.0667. The highest BCUT2D eigenvalue weighted by atomic mass is 79.9. The number of rotatable bonds is 4. The van der Waals surface area contributed by atoms with Gasteiger partial charge in [0.15, 0.2) is 0 Å². The Morgan fingerprint density at radius 1 is 1.14 bits per heavy atom. The molecule has 1 aromatic carbocycles. The normalized spacial score (nSPS) is 10.4. The topological polar surface area (TPSA) is 83.5 Å². The minimum absolute atomic E-state index is 0.184. The Labute approximate surface area is 135 Å². The summed E-state index contributed by atoms with van der Waals surface area (Å²) in [5, 5.41) is 6.19. The zero-order valence-electron chi connectivity index (χ0n) is 11.5. The second-order valence-electron chi connectivity index (χ2n) is 4.25. The zero-order chi connectivity index (χ0) is 15.8. The van der Waals surface area contributed by atoms with E-state index in [1.165, 1.54) is 6.21 Å². The third-order valence-corrected chi connectivity index (χ3v) is 3.14. The van der Waals surface area contributed by atoms with Crippen LogP contribution in [0.5, 0.6) is 0 Å². The Hall–Kier alpha value is -2.54. The summed E-state index contributed by atoms with van der Waals surface area (Å²) in [7, 11) is 0. The lowest BCUT2D eigenvalue weighted by molar-refractivity contribution is -0.139. The molecule has 0 aliphatic carbocycles. The molecule has 0 saturated heterocycles. The van der Waals surface area contributed by atoms with Crippen LogP contribution in [0, 0.1) is 0 Å². The molecular weight excluding hydrogens is 348 g/mol. The van der Waals surface area contributed by atoms with Gasteiger partial charge in [0, 0.05) is 10.7 Å². The SMILES string of the molecule is O=C(NCc1ccccn1)C(=O)N/N=C/c1ccc(Br)cc1. The minimum Gasteiger partial charge on any atom is -0.342 e. The number of carbonyl (C=O) groups excluding carboxylic acids is 2. The van der Waals surface area contributed by atoms with Gasteiger partial charge in [-0.3, -0.25) is 14.6 Å². The van der Waals surface area contributed by atoms with E-state index < -0.39 is 11.8 Å². The van der Waals surface area contributed by atoms with Crippen LogP contribution in [-0.4, -0.2) is 23.0 Å². The van der Waals surface area contributed by atoms with E-state index >= 15 is 0 Å². The van der Waals surface area contributed by atoms with Gasteiger partial charge in [0.1, 0.15) is 0 Å². The van der Waals surface area contributed by atoms with Crippen molar-refractivity contribution in [2.24, 2.45) is 5.10 Å². The molecule has 0 aliphatic rings. The Kier molecular flexibility index (Phi) is 5.79. The molecule has 2 aromatic rings. The van der Waals surface area contributed by atoms with Crippen LogP contribution < -0.4 is 10.7 Å². The lowest BCUT2D eigenvalue weighted by atomic mass is 10.2. The van der Waals surface area contributed by atoms with Gasteiger partial charge in [-0.25, -0.2) is 5.43 Å². The monoisotopic (exact) mass is 360 g/mol. The average Bonchev–Trinajstić information content (AvgIpc) is 2.55. The summed E-state index contributed by atoms with van der Waals surface area (Å²) < 4.78 is 0.947. The van der Waals surface area contributed by atoms with E-state index in [9.17, 15) is 9.59 Å². The number of hydrazone groups is 1. The van der Waals surface area contributed by atoms with Crippen LogP contribution in [0.2, 0.25) is 0 Å². The second kappa shape index (κ2) is 8.04. The molecule has 0 unspecified atom stereocenters. The summed E-state index contributed by atoms with van der Waals surface area (Å²) in [6.45, 7) is 0.184. The Balaban J connectivity index is 1.79. The van der Waals surface area contributed by atoms with Gasteiger partial charge in [-0.15, -0.1) is 0 Å². The summed E-state index contributed by atoms with van der Waals surface area (Å²) in [5.74, 6) is -1.59. The number of halogens is 1. The molecule has 2 N–H and O–H groups in total. The van der Waals surface area contributed by atoms with Crippen molar-refractivity contribution in [1.29, 1.82) is 0 Å². The molecule has 6 nitrogen and oxygen atoms in total. The number of amides is 2. The molecule has 1 aromatic heterocycles. The van der Waals surface area contributed by atoms with Crippen molar-refractivity contribution >= 4 is 34.0 Å².